The van der Waals surface area contributed by atoms with Gasteiger partial charge in [-0.2, -0.15) is 0 Å². The summed E-state index contributed by atoms with van der Waals surface area (Å²) in [6, 6.07) is 11.8. The summed E-state index contributed by atoms with van der Waals surface area (Å²) in [4.78, 5) is 0.0684. The molecule has 0 fully saturated rings. The number of rotatable bonds is 12. The summed E-state index contributed by atoms with van der Waals surface area (Å²) in [5.74, 6) is 2.21. The lowest BCUT2D eigenvalue weighted by atomic mass is 10.3. The third kappa shape index (κ3) is 6.31. The standard InChI is InChI=1S/C20H27NO6S/c1-4-24-16-7-9-17(10-8-16)27-14-13-21-28(22,23)20-12-11-18(25-5-2)15-19(20)26-6-3/h7-12,15,21H,4-6,13-14H2,1-3H3. The Hall–Kier alpha value is -2.45. The summed E-state index contributed by atoms with van der Waals surface area (Å²) in [5, 5.41) is 0. The van der Waals surface area contributed by atoms with E-state index in [9.17, 15) is 8.42 Å². The number of nitrogens with one attached hydrogen (secondary N) is 1. The van der Waals surface area contributed by atoms with E-state index in [-0.39, 0.29) is 23.8 Å². The predicted octanol–water partition coefficient (Wildman–Crippen LogP) is 3.24. The summed E-state index contributed by atoms with van der Waals surface area (Å²) >= 11 is 0. The first-order chi connectivity index (χ1) is 13.5. The molecule has 2 aromatic rings. The van der Waals surface area contributed by atoms with Crippen LogP contribution < -0.4 is 23.7 Å². The van der Waals surface area contributed by atoms with Crippen LogP contribution >= 0.6 is 0 Å². The molecule has 0 saturated heterocycles. The van der Waals surface area contributed by atoms with Crippen LogP contribution in [-0.2, 0) is 10.0 Å². The molecular formula is C20H27NO6S. The molecule has 0 amide bonds. The second-order valence-electron chi connectivity index (χ2n) is 5.63. The molecule has 0 spiro atoms. The highest BCUT2D eigenvalue weighted by molar-refractivity contribution is 7.89. The van der Waals surface area contributed by atoms with Gasteiger partial charge in [-0.3, -0.25) is 0 Å². The van der Waals surface area contributed by atoms with Gasteiger partial charge in [0.25, 0.3) is 0 Å². The molecule has 0 heterocycles. The van der Waals surface area contributed by atoms with Gasteiger partial charge in [0.15, 0.2) is 0 Å². The highest BCUT2D eigenvalue weighted by Crippen LogP contribution is 2.28. The summed E-state index contributed by atoms with van der Waals surface area (Å²) in [6.07, 6.45) is 0. The Kier molecular flexibility index (Phi) is 8.41. The molecule has 0 saturated carbocycles. The summed E-state index contributed by atoms with van der Waals surface area (Å²) in [7, 11) is -3.74. The smallest absolute Gasteiger partial charge is 0.244 e. The van der Waals surface area contributed by atoms with Crippen molar-refractivity contribution in [2.75, 3.05) is 33.0 Å². The Labute approximate surface area is 166 Å². The van der Waals surface area contributed by atoms with Crippen molar-refractivity contribution in [3.8, 4) is 23.0 Å². The second kappa shape index (κ2) is 10.8. The van der Waals surface area contributed by atoms with Gasteiger partial charge in [-0.1, -0.05) is 0 Å². The van der Waals surface area contributed by atoms with E-state index >= 15 is 0 Å². The van der Waals surface area contributed by atoms with Crippen molar-refractivity contribution in [3.05, 3.63) is 42.5 Å². The Balaban J connectivity index is 1.95. The number of benzene rings is 2. The van der Waals surface area contributed by atoms with Crippen LogP contribution in [0.5, 0.6) is 23.0 Å². The lowest BCUT2D eigenvalue weighted by molar-refractivity contribution is 0.315. The molecule has 154 valence electrons. The number of hydrogen-bond acceptors (Lipinski definition) is 6. The lowest BCUT2D eigenvalue weighted by Gasteiger charge is -2.14. The van der Waals surface area contributed by atoms with Crippen LogP contribution in [0.1, 0.15) is 20.8 Å². The van der Waals surface area contributed by atoms with E-state index in [0.717, 1.165) is 5.75 Å². The quantitative estimate of drug-likeness (QED) is 0.542. The van der Waals surface area contributed by atoms with Crippen LogP contribution in [0.2, 0.25) is 0 Å². The van der Waals surface area contributed by atoms with Gasteiger partial charge in [-0.25, -0.2) is 13.1 Å². The first kappa shape index (κ1) is 21.8. The molecule has 8 heteroatoms. The minimum atomic E-state index is -3.74. The fraction of sp³-hybridized carbons (Fsp3) is 0.400. The number of ether oxygens (including phenoxy) is 4. The Morgan fingerprint density at radius 3 is 1.89 bits per heavy atom. The van der Waals surface area contributed by atoms with Crippen molar-refractivity contribution in [1.29, 1.82) is 0 Å². The summed E-state index contributed by atoms with van der Waals surface area (Å²) in [6.45, 7) is 7.30. The summed E-state index contributed by atoms with van der Waals surface area (Å²) < 4.78 is 49.6. The maximum atomic E-state index is 12.6. The fourth-order valence-electron chi connectivity index (χ4n) is 2.46. The first-order valence-corrected chi connectivity index (χ1v) is 10.7. The predicted molar refractivity (Wildman–Crippen MR) is 107 cm³/mol. The van der Waals surface area contributed by atoms with E-state index in [1.54, 1.807) is 43.3 Å². The molecule has 7 nitrogen and oxygen atoms in total. The molecule has 0 atom stereocenters. The Morgan fingerprint density at radius 2 is 1.29 bits per heavy atom. The Morgan fingerprint density at radius 1 is 0.750 bits per heavy atom. The molecule has 0 aliphatic heterocycles. The number of sulfonamides is 1. The zero-order valence-corrected chi connectivity index (χ0v) is 17.3. The number of hydrogen-bond donors (Lipinski definition) is 1. The maximum absolute atomic E-state index is 12.6. The van der Waals surface area contributed by atoms with Gasteiger partial charge < -0.3 is 18.9 Å². The minimum Gasteiger partial charge on any atom is -0.494 e. The highest BCUT2D eigenvalue weighted by atomic mass is 32.2. The largest absolute Gasteiger partial charge is 0.494 e. The zero-order chi connectivity index (χ0) is 20.4. The maximum Gasteiger partial charge on any atom is 0.244 e. The first-order valence-electron chi connectivity index (χ1n) is 9.25. The van der Waals surface area contributed by atoms with Crippen molar-refractivity contribution in [2.24, 2.45) is 0 Å². The van der Waals surface area contributed by atoms with Gasteiger partial charge in [0.05, 0.1) is 19.8 Å². The van der Waals surface area contributed by atoms with Crippen LogP contribution in [0.3, 0.4) is 0 Å². The van der Waals surface area contributed by atoms with Crippen molar-refractivity contribution < 1.29 is 27.4 Å². The molecule has 1 N–H and O–H groups in total. The highest BCUT2D eigenvalue weighted by Gasteiger charge is 2.20. The monoisotopic (exact) mass is 409 g/mol. The third-order valence-electron chi connectivity index (χ3n) is 3.61. The van der Waals surface area contributed by atoms with E-state index in [1.165, 1.54) is 6.07 Å². The van der Waals surface area contributed by atoms with Crippen LogP contribution in [0, 0.1) is 0 Å². The molecule has 0 aromatic heterocycles. The van der Waals surface area contributed by atoms with Crippen molar-refractivity contribution in [2.45, 2.75) is 25.7 Å². The normalized spacial score (nSPS) is 11.1. The molecule has 0 unspecified atom stereocenters. The molecule has 28 heavy (non-hydrogen) atoms. The van der Waals surface area contributed by atoms with Crippen molar-refractivity contribution in [3.63, 3.8) is 0 Å². The van der Waals surface area contributed by atoms with E-state index in [0.29, 0.717) is 31.3 Å². The molecule has 2 aromatic carbocycles. The SMILES string of the molecule is CCOc1ccc(OCCNS(=O)(=O)c2ccc(OCC)cc2OCC)cc1. The molecule has 2 rings (SSSR count). The van der Waals surface area contributed by atoms with Crippen LogP contribution in [-0.4, -0.2) is 41.4 Å². The van der Waals surface area contributed by atoms with Gasteiger partial charge >= 0.3 is 0 Å². The average Bonchev–Trinajstić information content (AvgIpc) is 2.67. The molecule has 0 radical (unpaired) electrons. The van der Waals surface area contributed by atoms with Crippen LogP contribution in [0.15, 0.2) is 47.4 Å². The van der Waals surface area contributed by atoms with Crippen LogP contribution in [0.4, 0.5) is 0 Å². The molecule has 0 bridgehead atoms. The average molecular weight is 410 g/mol. The van der Waals surface area contributed by atoms with Gasteiger partial charge in [-0.05, 0) is 57.2 Å². The van der Waals surface area contributed by atoms with E-state index < -0.39 is 10.0 Å². The van der Waals surface area contributed by atoms with Gasteiger partial charge in [0, 0.05) is 12.6 Å². The van der Waals surface area contributed by atoms with Gasteiger partial charge in [-0.15, -0.1) is 0 Å². The van der Waals surface area contributed by atoms with Crippen LogP contribution in [0.25, 0.3) is 0 Å². The topological polar surface area (TPSA) is 83.1 Å². The molecule has 0 aliphatic rings. The van der Waals surface area contributed by atoms with Crippen molar-refractivity contribution in [1.82, 2.24) is 4.72 Å². The zero-order valence-electron chi connectivity index (χ0n) is 16.4. The van der Waals surface area contributed by atoms with E-state index in [2.05, 4.69) is 4.72 Å². The molecular weight excluding hydrogens is 382 g/mol. The van der Waals surface area contributed by atoms with Gasteiger partial charge in [0.1, 0.15) is 34.5 Å². The second-order valence-corrected chi connectivity index (χ2v) is 7.36. The van der Waals surface area contributed by atoms with E-state index in [4.69, 9.17) is 18.9 Å². The fourth-order valence-corrected chi connectivity index (χ4v) is 3.59. The molecule has 0 aliphatic carbocycles. The minimum absolute atomic E-state index is 0.0684. The van der Waals surface area contributed by atoms with E-state index in [1.807, 2.05) is 13.8 Å². The lowest BCUT2D eigenvalue weighted by Crippen LogP contribution is -2.28. The summed E-state index contributed by atoms with van der Waals surface area (Å²) in [5.41, 5.74) is 0. The van der Waals surface area contributed by atoms with Crippen molar-refractivity contribution >= 4 is 10.0 Å². The third-order valence-corrected chi connectivity index (χ3v) is 5.11. The Bertz CT molecular complexity index is 836. The van der Waals surface area contributed by atoms with Gasteiger partial charge in [0.2, 0.25) is 10.0 Å².